The Morgan fingerprint density at radius 2 is 2.50 bits per heavy atom. The fourth-order valence-electron chi connectivity index (χ4n) is 1.90. The van der Waals surface area contributed by atoms with Crippen molar-refractivity contribution < 1.29 is 0 Å². The highest BCUT2D eigenvalue weighted by Gasteiger charge is 2.21. The molecule has 4 nitrogen and oxygen atoms in total. The molecule has 2 rings (SSSR count). The van der Waals surface area contributed by atoms with Crippen LogP contribution in [0.1, 0.15) is 12.5 Å². The average molecular weight is 281 g/mol. The summed E-state index contributed by atoms with van der Waals surface area (Å²) in [5, 5.41) is 12.4. The Morgan fingerprint density at radius 1 is 1.69 bits per heavy atom. The van der Waals surface area contributed by atoms with Crippen LogP contribution < -0.4 is 10.2 Å². The van der Waals surface area contributed by atoms with Crippen LogP contribution in [-0.2, 0) is 0 Å². The lowest BCUT2D eigenvalue weighted by molar-refractivity contribution is 0.497. The second-order valence-corrected chi connectivity index (χ2v) is 4.80. The molecule has 1 saturated heterocycles. The number of rotatable bonds is 1. The number of hydrogen-bond acceptors (Lipinski definition) is 4. The first-order valence-electron chi connectivity index (χ1n) is 5.25. The largest absolute Gasteiger partial charge is 0.350 e. The van der Waals surface area contributed by atoms with Crippen molar-refractivity contribution in [2.45, 2.75) is 13.0 Å². The Bertz CT molecular complexity index is 426. The van der Waals surface area contributed by atoms with Crippen molar-refractivity contribution in [2.24, 2.45) is 0 Å². The van der Waals surface area contributed by atoms with Gasteiger partial charge in [0.1, 0.15) is 11.9 Å². The van der Waals surface area contributed by atoms with Crippen molar-refractivity contribution in [3.63, 3.8) is 0 Å². The van der Waals surface area contributed by atoms with Crippen molar-refractivity contribution >= 4 is 21.7 Å². The fraction of sp³-hybridized carbons (Fsp3) is 0.455. The van der Waals surface area contributed by atoms with Crippen molar-refractivity contribution in [3.8, 4) is 6.07 Å². The maximum atomic E-state index is 9.11. The van der Waals surface area contributed by atoms with Gasteiger partial charge in [-0.2, -0.15) is 5.26 Å². The van der Waals surface area contributed by atoms with E-state index in [1.54, 1.807) is 6.20 Å². The molecule has 1 atom stereocenters. The van der Waals surface area contributed by atoms with Gasteiger partial charge in [-0.25, -0.2) is 4.98 Å². The molecule has 0 saturated carbocycles. The second kappa shape index (κ2) is 4.81. The molecule has 1 aliphatic heterocycles. The smallest absolute Gasteiger partial charge is 0.146 e. The van der Waals surface area contributed by atoms with Crippen LogP contribution >= 0.6 is 15.9 Å². The lowest BCUT2D eigenvalue weighted by Crippen LogP contribution is -2.50. The summed E-state index contributed by atoms with van der Waals surface area (Å²) in [6.07, 6.45) is 1.74. The summed E-state index contributed by atoms with van der Waals surface area (Å²) < 4.78 is 0.843. The lowest BCUT2D eigenvalue weighted by atomic mass is 10.2. The molecule has 1 aromatic heterocycles. The SMILES string of the molecule is C[C@@H]1CNCCN1c1ncc(Br)cc1C#N. The van der Waals surface area contributed by atoms with Crippen molar-refractivity contribution in [1.82, 2.24) is 10.3 Å². The molecule has 1 aromatic rings. The van der Waals surface area contributed by atoms with Gasteiger partial charge in [0.25, 0.3) is 0 Å². The van der Waals surface area contributed by atoms with Crippen molar-refractivity contribution in [3.05, 3.63) is 22.3 Å². The van der Waals surface area contributed by atoms with Gasteiger partial charge in [0.05, 0.1) is 5.56 Å². The fourth-order valence-corrected chi connectivity index (χ4v) is 2.23. The van der Waals surface area contributed by atoms with Crippen LogP contribution in [0.5, 0.6) is 0 Å². The summed E-state index contributed by atoms with van der Waals surface area (Å²) in [5.74, 6) is 0.791. The average Bonchev–Trinajstić information content (AvgIpc) is 2.30. The molecule has 2 heterocycles. The van der Waals surface area contributed by atoms with E-state index in [1.165, 1.54) is 0 Å². The number of nitrogens with zero attached hydrogens (tertiary/aromatic N) is 3. The highest BCUT2D eigenvalue weighted by atomic mass is 79.9. The first kappa shape index (κ1) is 11.4. The number of hydrogen-bond donors (Lipinski definition) is 1. The van der Waals surface area contributed by atoms with Gasteiger partial charge in [-0.15, -0.1) is 0 Å². The predicted molar refractivity (Wildman–Crippen MR) is 66.3 cm³/mol. The van der Waals surface area contributed by atoms with E-state index < -0.39 is 0 Å². The Hall–Kier alpha value is -1.12. The number of aromatic nitrogens is 1. The van der Waals surface area contributed by atoms with Gasteiger partial charge in [0.2, 0.25) is 0 Å². The molecule has 0 spiro atoms. The van der Waals surface area contributed by atoms with E-state index in [1.807, 2.05) is 6.07 Å². The molecule has 5 heteroatoms. The molecule has 1 N–H and O–H groups in total. The summed E-state index contributed by atoms with van der Waals surface area (Å²) in [6.45, 7) is 4.90. The van der Waals surface area contributed by atoms with Gasteiger partial charge in [-0.1, -0.05) is 0 Å². The molecule has 0 bridgehead atoms. The highest BCUT2D eigenvalue weighted by molar-refractivity contribution is 9.10. The van der Waals surface area contributed by atoms with E-state index in [-0.39, 0.29) is 0 Å². The van der Waals surface area contributed by atoms with Crippen LogP contribution in [0.4, 0.5) is 5.82 Å². The van der Waals surface area contributed by atoms with Gasteiger partial charge < -0.3 is 10.2 Å². The van der Waals surface area contributed by atoms with Gasteiger partial charge >= 0.3 is 0 Å². The van der Waals surface area contributed by atoms with E-state index in [2.05, 4.69) is 44.1 Å². The summed E-state index contributed by atoms with van der Waals surface area (Å²) in [4.78, 5) is 6.53. The summed E-state index contributed by atoms with van der Waals surface area (Å²) in [5.41, 5.74) is 0.628. The third-order valence-electron chi connectivity index (χ3n) is 2.73. The Balaban J connectivity index is 2.35. The molecule has 0 unspecified atom stereocenters. The zero-order chi connectivity index (χ0) is 11.5. The van der Waals surface area contributed by atoms with Crippen LogP contribution in [0.25, 0.3) is 0 Å². The molecule has 0 aromatic carbocycles. The van der Waals surface area contributed by atoms with E-state index >= 15 is 0 Å². The zero-order valence-corrected chi connectivity index (χ0v) is 10.7. The summed E-state index contributed by atoms with van der Waals surface area (Å²) >= 11 is 3.33. The lowest BCUT2D eigenvalue weighted by Gasteiger charge is -2.35. The molecule has 1 aliphatic rings. The quantitative estimate of drug-likeness (QED) is 0.848. The molecule has 0 aliphatic carbocycles. The monoisotopic (exact) mass is 280 g/mol. The number of piperazine rings is 1. The highest BCUT2D eigenvalue weighted by Crippen LogP contribution is 2.23. The first-order valence-corrected chi connectivity index (χ1v) is 6.04. The minimum atomic E-state index is 0.370. The van der Waals surface area contributed by atoms with Crippen LogP contribution in [0, 0.1) is 11.3 Å². The molecular weight excluding hydrogens is 268 g/mol. The third kappa shape index (κ3) is 2.18. The van der Waals surface area contributed by atoms with Gasteiger partial charge in [-0.05, 0) is 28.9 Å². The van der Waals surface area contributed by atoms with Crippen LogP contribution in [-0.4, -0.2) is 30.7 Å². The summed E-state index contributed by atoms with van der Waals surface area (Å²) in [6, 6.07) is 4.39. The topological polar surface area (TPSA) is 52.0 Å². The second-order valence-electron chi connectivity index (χ2n) is 3.88. The Morgan fingerprint density at radius 3 is 3.19 bits per heavy atom. The number of nitriles is 1. The standard InChI is InChI=1S/C11H13BrN4/c1-8-6-14-2-3-16(8)11-9(5-13)4-10(12)7-15-11/h4,7-8,14H,2-3,6H2,1H3/t8-/m1/s1. The first-order chi connectivity index (χ1) is 7.72. The normalized spacial score (nSPS) is 20.6. The van der Waals surface area contributed by atoms with Crippen molar-refractivity contribution in [1.29, 1.82) is 5.26 Å². The van der Waals surface area contributed by atoms with E-state index in [9.17, 15) is 0 Å². The van der Waals surface area contributed by atoms with E-state index in [4.69, 9.17) is 5.26 Å². The minimum absolute atomic E-state index is 0.370. The van der Waals surface area contributed by atoms with Crippen LogP contribution in [0.2, 0.25) is 0 Å². The van der Waals surface area contributed by atoms with Gasteiger partial charge in [0, 0.05) is 36.3 Å². The number of nitrogens with one attached hydrogen (secondary N) is 1. The number of pyridine rings is 1. The van der Waals surface area contributed by atoms with Gasteiger partial charge in [0.15, 0.2) is 0 Å². The minimum Gasteiger partial charge on any atom is -0.350 e. The Kier molecular flexibility index (Phi) is 3.42. The molecular formula is C11H13BrN4. The van der Waals surface area contributed by atoms with Crippen LogP contribution in [0.3, 0.4) is 0 Å². The number of halogens is 1. The van der Waals surface area contributed by atoms with Gasteiger partial charge in [-0.3, -0.25) is 0 Å². The van der Waals surface area contributed by atoms with Crippen molar-refractivity contribution in [2.75, 3.05) is 24.5 Å². The summed E-state index contributed by atoms with van der Waals surface area (Å²) in [7, 11) is 0. The molecule has 0 radical (unpaired) electrons. The molecule has 1 fully saturated rings. The number of anilines is 1. The Labute approximate surface area is 103 Å². The van der Waals surface area contributed by atoms with E-state index in [0.29, 0.717) is 11.6 Å². The molecule has 16 heavy (non-hydrogen) atoms. The maximum absolute atomic E-state index is 9.11. The predicted octanol–water partition coefficient (Wildman–Crippen LogP) is 1.51. The molecule has 84 valence electrons. The zero-order valence-electron chi connectivity index (χ0n) is 9.07. The third-order valence-corrected chi connectivity index (χ3v) is 3.16. The molecule has 0 amide bonds. The van der Waals surface area contributed by atoms with Crippen LogP contribution in [0.15, 0.2) is 16.7 Å². The maximum Gasteiger partial charge on any atom is 0.146 e. The van der Waals surface area contributed by atoms with E-state index in [0.717, 1.165) is 29.9 Å².